The Balaban J connectivity index is 0. The predicted molar refractivity (Wildman–Crippen MR) is 167 cm³/mol. The zero-order chi connectivity index (χ0) is 31.1. The van der Waals surface area contributed by atoms with Crippen molar-refractivity contribution in [3.8, 4) is 0 Å². The van der Waals surface area contributed by atoms with Crippen LogP contribution in [-0.2, 0) is 25.6 Å². The summed E-state index contributed by atoms with van der Waals surface area (Å²) >= 11 is 1.69. The van der Waals surface area contributed by atoms with E-state index < -0.39 is 0 Å². The van der Waals surface area contributed by atoms with Crippen molar-refractivity contribution in [3.63, 3.8) is 0 Å². The molecule has 0 saturated carbocycles. The number of carbonyl (C=O) groups is 4. The van der Waals surface area contributed by atoms with Crippen molar-refractivity contribution in [1.29, 1.82) is 0 Å². The van der Waals surface area contributed by atoms with Gasteiger partial charge in [-0.15, -0.1) is 0 Å². The molecule has 7 nitrogen and oxygen atoms in total. The molecule has 4 rings (SSSR count). The van der Waals surface area contributed by atoms with Crippen LogP contribution in [0, 0.1) is 18.2 Å². The van der Waals surface area contributed by atoms with Gasteiger partial charge in [0.1, 0.15) is 33.0 Å². The van der Waals surface area contributed by atoms with Crippen LogP contribution in [0.5, 0.6) is 0 Å². The summed E-state index contributed by atoms with van der Waals surface area (Å²) < 4.78 is 13.1. The molecule has 0 unspecified atom stereocenters. The van der Waals surface area contributed by atoms with Crippen LogP contribution < -0.4 is 4.90 Å². The fourth-order valence-electron chi connectivity index (χ4n) is 4.47. The van der Waals surface area contributed by atoms with E-state index in [0.29, 0.717) is 11.8 Å². The van der Waals surface area contributed by atoms with Gasteiger partial charge < -0.3 is 29.0 Å². The third kappa shape index (κ3) is 12.1. The third-order valence-electron chi connectivity index (χ3n) is 6.30. The highest BCUT2D eigenvalue weighted by Crippen LogP contribution is 2.42. The van der Waals surface area contributed by atoms with Gasteiger partial charge in [-0.1, -0.05) is 62.0 Å². The van der Waals surface area contributed by atoms with Gasteiger partial charge in [0.25, 0.3) is 0 Å². The first-order chi connectivity index (χ1) is 19.5. The predicted octanol–water partition coefficient (Wildman–Crippen LogP) is 5.80. The van der Waals surface area contributed by atoms with Gasteiger partial charge in [0.05, 0.1) is 0 Å². The van der Waals surface area contributed by atoms with Gasteiger partial charge in [-0.05, 0) is 55.9 Å². The first kappa shape index (κ1) is 38.6. The summed E-state index contributed by atoms with van der Waals surface area (Å²) in [6.07, 6.45) is 5.19. The zero-order valence-electron chi connectivity index (χ0n) is 24.4. The maximum atomic E-state index is 13.1. The number of hydrogen-bond acceptors (Lipinski definition) is 7. The number of nitrogens with zero attached hydrogens (tertiary/aromatic N) is 3. The van der Waals surface area contributed by atoms with E-state index in [0.717, 1.165) is 42.6 Å². The zero-order valence-corrected chi connectivity index (χ0v) is 25.2. The van der Waals surface area contributed by atoms with Crippen molar-refractivity contribution in [1.82, 2.24) is 4.90 Å². The van der Waals surface area contributed by atoms with E-state index in [9.17, 15) is 4.39 Å². The lowest BCUT2D eigenvalue weighted by Crippen LogP contribution is -2.61. The Bertz CT molecular complexity index is 979. The molecule has 2 aromatic rings. The number of aryl methyl sites for hydroxylation is 1. The summed E-state index contributed by atoms with van der Waals surface area (Å²) in [4.78, 5) is 41.7. The van der Waals surface area contributed by atoms with Crippen LogP contribution in [0.2, 0.25) is 0 Å². The summed E-state index contributed by atoms with van der Waals surface area (Å²) in [6.45, 7) is 22.7. The van der Waals surface area contributed by atoms with Gasteiger partial charge in [-0.3, -0.25) is 0 Å². The molecule has 2 aromatic carbocycles. The van der Waals surface area contributed by atoms with Gasteiger partial charge in [0.2, 0.25) is 0 Å². The number of thioether (sulfide) groups is 1. The molecule has 40 heavy (non-hydrogen) atoms. The Hall–Kier alpha value is -3.59. The van der Waals surface area contributed by atoms with Gasteiger partial charge >= 0.3 is 0 Å². The lowest BCUT2D eigenvalue weighted by molar-refractivity contribution is -0.0987. The minimum absolute atomic E-state index is 0.211. The number of amidine groups is 1. The number of halogens is 1. The highest BCUT2D eigenvalue weighted by Gasteiger charge is 2.45. The van der Waals surface area contributed by atoms with Crippen molar-refractivity contribution >= 4 is 49.8 Å². The second kappa shape index (κ2) is 22.2. The Kier molecular flexibility index (Phi) is 21.4. The van der Waals surface area contributed by atoms with Crippen LogP contribution in [0.3, 0.4) is 0 Å². The molecule has 2 aliphatic heterocycles. The number of carbonyl (C=O) groups excluding carboxylic acids is 4. The van der Waals surface area contributed by atoms with Crippen LogP contribution in [0.15, 0.2) is 65.8 Å². The molecule has 0 amide bonds. The maximum Gasteiger partial charge on any atom is 0.163 e. The van der Waals surface area contributed by atoms with Gasteiger partial charge in [-0.25, -0.2) is 9.38 Å². The molecule has 220 valence electrons. The van der Waals surface area contributed by atoms with Crippen LogP contribution in [-0.4, -0.2) is 69.7 Å². The number of likely N-dealkylation sites (tertiary alicyclic amines) is 1. The average Bonchev–Trinajstić information content (AvgIpc) is 3.01. The van der Waals surface area contributed by atoms with E-state index in [1.54, 1.807) is 23.9 Å². The molecule has 0 radical (unpaired) electrons. The number of benzene rings is 2. The quantitative estimate of drug-likeness (QED) is 0.338. The molecule has 2 saturated heterocycles. The molecule has 0 N–H and O–H groups in total. The molecular weight excluding hydrogens is 529 g/mol. The van der Waals surface area contributed by atoms with E-state index in [4.69, 9.17) is 24.2 Å². The molecule has 1 spiro atoms. The summed E-state index contributed by atoms with van der Waals surface area (Å²) in [7, 11) is 0. The van der Waals surface area contributed by atoms with Crippen LogP contribution in [0.4, 0.5) is 10.1 Å². The smallest absolute Gasteiger partial charge is 0.163 e. The summed E-state index contributed by atoms with van der Waals surface area (Å²) in [5.41, 5.74) is 4.94. The molecular formula is C31H44FN3O4S. The third-order valence-corrected chi connectivity index (χ3v) is 7.02. The first-order valence-electron chi connectivity index (χ1n) is 12.7. The van der Waals surface area contributed by atoms with Crippen molar-refractivity contribution in [2.24, 2.45) is 10.4 Å². The SMILES string of the molecule is C=C(Cc1ccc(F)cc1)N=C(SC)N1CC2(CCN(c3ccc(C)cc3)CC2)C1.C=O.C=O.C=O.C=O.CC. The number of aliphatic imine (C=N–C) groups is 1. The van der Waals surface area contributed by atoms with E-state index >= 15 is 0 Å². The fraction of sp³-hybridized carbons (Fsp3) is 0.387. The molecule has 0 aromatic heterocycles. The van der Waals surface area contributed by atoms with E-state index in [1.165, 1.54) is 36.2 Å². The van der Waals surface area contributed by atoms with E-state index in [-0.39, 0.29) is 5.82 Å². The lowest BCUT2D eigenvalue weighted by atomic mass is 9.72. The maximum absolute atomic E-state index is 13.1. The highest BCUT2D eigenvalue weighted by molar-refractivity contribution is 8.13. The largest absolute Gasteiger partial charge is 0.371 e. The Morgan fingerprint density at radius 3 is 1.80 bits per heavy atom. The van der Waals surface area contributed by atoms with Crippen LogP contribution >= 0.6 is 11.8 Å². The topological polar surface area (TPSA) is 87.1 Å². The second-order valence-electron chi connectivity index (χ2n) is 8.65. The van der Waals surface area contributed by atoms with Gasteiger partial charge in [0.15, 0.2) is 5.17 Å². The number of allylic oxidation sites excluding steroid dienone is 1. The minimum atomic E-state index is -0.211. The van der Waals surface area contributed by atoms with E-state index in [1.807, 2.05) is 41.0 Å². The van der Waals surface area contributed by atoms with Crippen molar-refractivity contribution in [2.75, 3.05) is 37.3 Å². The molecule has 2 heterocycles. The number of rotatable bonds is 4. The highest BCUT2D eigenvalue weighted by atomic mass is 32.2. The normalized spacial score (nSPS) is 14.4. The molecule has 0 atom stereocenters. The fourth-order valence-corrected chi connectivity index (χ4v) is 5.08. The Morgan fingerprint density at radius 1 is 0.875 bits per heavy atom. The summed E-state index contributed by atoms with van der Waals surface area (Å²) in [6, 6.07) is 15.5. The lowest BCUT2D eigenvalue weighted by Gasteiger charge is -2.55. The number of anilines is 1. The van der Waals surface area contributed by atoms with Crippen molar-refractivity contribution in [2.45, 2.75) is 40.0 Å². The standard InChI is InChI=1S/C25H30FN3S.C2H6.4CH2O/c1-19-4-10-23(11-5-19)28-14-12-25(13-15-28)17-29(18-25)24(30-3)27-20(2)16-21-6-8-22(26)9-7-21;5*1-2/h4-11H,2,12-18H2,1,3H3;1-2H3;4*1H2. The van der Waals surface area contributed by atoms with Gasteiger partial charge in [-0.2, -0.15) is 0 Å². The van der Waals surface area contributed by atoms with Crippen LogP contribution in [0.1, 0.15) is 37.8 Å². The minimum Gasteiger partial charge on any atom is -0.371 e. The van der Waals surface area contributed by atoms with Crippen LogP contribution in [0.25, 0.3) is 0 Å². The number of piperidine rings is 1. The second-order valence-corrected chi connectivity index (χ2v) is 9.42. The van der Waals surface area contributed by atoms with Gasteiger partial charge in [0, 0.05) is 49.4 Å². The molecule has 2 fully saturated rings. The monoisotopic (exact) mass is 573 g/mol. The van der Waals surface area contributed by atoms with E-state index in [2.05, 4.69) is 53.8 Å². The first-order valence-corrected chi connectivity index (χ1v) is 14.0. The Labute approximate surface area is 243 Å². The molecule has 0 aliphatic carbocycles. The average molecular weight is 574 g/mol. The Morgan fingerprint density at radius 2 is 1.35 bits per heavy atom. The summed E-state index contributed by atoms with van der Waals surface area (Å²) in [5.74, 6) is -0.211. The van der Waals surface area contributed by atoms with Crippen molar-refractivity contribution < 1.29 is 23.6 Å². The number of hydrogen-bond donors (Lipinski definition) is 0. The molecule has 9 heteroatoms. The van der Waals surface area contributed by atoms with Crippen molar-refractivity contribution in [3.05, 3.63) is 77.8 Å². The molecule has 0 bridgehead atoms. The summed E-state index contributed by atoms with van der Waals surface area (Å²) in [5, 5.41) is 1.05. The molecule has 2 aliphatic rings.